The second-order valence-electron chi connectivity index (χ2n) is 4.25. The molecule has 2 rings (SSSR count). The molecular formula is C14H8F6N2. The third-order valence-corrected chi connectivity index (χ3v) is 2.76. The van der Waals surface area contributed by atoms with Gasteiger partial charge in [-0.2, -0.15) is 26.3 Å². The quantitative estimate of drug-likeness (QED) is 0.751. The first-order valence-corrected chi connectivity index (χ1v) is 5.90. The molecule has 0 N–H and O–H groups in total. The molecule has 0 saturated heterocycles. The molecule has 0 radical (unpaired) electrons. The third-order valence-electron chi connectivity index (χ3n) is 2.76. The van der Waals surface area contributed by atoms with Crippen LogP contribution in [0.2, 0.25) is 0 Å². The van der Waals surface area contributed by atoms with Crippen LogP contribution in [-0.4, -0.2) is 9.97 Å². The van der Waals surface area contributed by atoms with Crippen LogP contribution in [0.15, 0.2) is 36.9 Å². The van der Waals surface area contributed by atoms with E-state index in [2.05, 4.69) is 9.97 Å². The van der Waals surface area contributed by atoms with E-state index in [1.807, 2.05) is 0 Å². The molecule has 0 unspecified atom stereocenters. The Hall–Kier alpha value is -2.38. The van der Waals surface area contributed by atoms with E-state index in [0.717, 1.165) is 36.7 Å². The van der Waals surface area contributed by atoms with E-state index >= 15 is 0 Å². The van der Waals surface area contributed by atoms with Crippen LogP contribution in [-0.2, 0) is 12.4 Å². The van der Waals surface area contributed by atoms with E-state index < -0.39 is 23.5 Å². The molecular weight excluding hydrogens is 310 g/mol. The second-order valence-corrected chi connectivity index (χ2v) is 4.25. The molecule has 0 aliphatic heterocycles. The molecule has 0 fully saturated rings. The number of rotatable bonds is 2. The first kappa shape index (κ1) is 16.0. The molecule has 0 spiro atoms. The van der Waals surface area contributed by atoms with E-state index in [1.54, 1.807) is 0 Å². The molecule has 0 aliphatic rings. The Morgan fingerprint density at radius 2 is 1.05 bits per heavy atom. The number of nitrogens with zero attached hydrogens (tertiary/aromatic N) is 2. The fraction of sp³-hybridized carbons (Fsp3) is 0.143. The Morgan fingerprint density at radius 3 is 1.36 bits per heavy atom. The standard InChI is InChI=1S/C14H8F6N2/c15-13(16,17)11-7-21-5-3-9(11)1-2-10-4-6-22-8-12(10)14(18,19)20/h1-8H. The van der Waals surface area contributed by atoms with E-state index in [0.29, 0.717) is 12.4 Å². The van der Waals surface area contributed by atoms with Crippen molar-refractivity contribution in [2.45, 2.75) is 12.4 Å². The van der Waals surface area contributed by atoms with Crippen molar-refractivity contribution in [2.24, 2.45) is 0 Å². The largest absolute Gasteiger partial charge is 0.418 e. The zero-order valence-electron chi connectivity index (χ0n) is 10.8. The molecule has 0 atom stereocenters. The lowest BCUT2D eigenvalue weighted by Gasteiger charge is -2.10. The minimum atomic E-state index is -4.64. The average molecular weight is 318 g/mol. The highest BCUT2D eigenvalue weighted by molar-refractivity contribution is 5.72. The number of alkyl halides is 6. The first-order chi connectivity index (χ1) is 10.2. The zero-order valence-corrected chi connectivity index (χ0v) is 10.8. The summed E-state index contributed by atoms with van der Waals surface area (Å²) in [4.78, 5) is 6.76. The topological polar surface area (TPSA) is 25.8 Å². The van der Waals surface area contributed by atoms with Crippen molar-refractivity contribution < 1.29 is 26.3 Å². The monoisotopic (exact) mass is 318 g/mol. The van der Waals surface area contributed by atoms with E-state index in [4.69, 9.17) is 0 Å². The first-order valence-electron chi connectivity index (χ1n) is 5.90. The van der Waals surface area contributed by atoms with Crippen LogP contribution in [0, 0.1) is 0 Å². The van der Waals surface area contributed by atoms with E-state index in [9.17, 15) is 26.3 Å². The summed E-state index contributed by atoms with van der Waals surface area (Å²) in [5.74, 6) is 0. The molecule has 116 valence electrons. The molecule has 0 saturated carbocycles. The normalized spacial score (nSPS) is 12.8. The fourth-order valence-corrected chi connectivity index (χ4v) is 1.75. The van der Waals surface area contributed by atoms with Crippen molar-refractivity contribution in [2.75, 3.05) is 0 Å². The van der Waals surface area contributed by atoms with Crippen LogP contribution in [0.1, 0.15) is 22.3 Å². The molecule has 0 amide bonds. The average Bonchev–Trinajstić information content (AvgIpc) is 2.44. The van der Waals surface area contributed by atoms with Gasteiger partial charge >= 0.3 is 12.4 Å². The summed E-state index contributed by atoms with van der Waals surface area (Å²) in [6.45, 7) is 0. The highest BCUT2D eigenvalue weighted by Gasteiger charge is 2.34. The molecule has 0 bridgehead atoms. The van der Waals surface area contributed by atoms with Crippen LogP contribution in [0.5, 0.6) is 0 Å². The second kappa shape index (κ2) is 5.78. The van der Waals surface area contributed by atoms with Gasteiger partial charge in [0, 0.05) is 24.8 Å². The summed E-state index contributed by atoms with van der Waals surface area (Å²) in [5, 5.41) is 0. The highest BCUT2D eigenvalue weighted by Crippen LogP contribution is 2.34. The minimum Gasteiger partial charge on any atom is -0.264 e. The lowest BCUT2D eigenvalue weighted by atomic mass is 10.1. The number of halogens is 6. The summed E-state index contributed by atoms with van der Waals surface area (Å²) >= 11 is 0. The summed E-state index contributed by atoms with van der Waals surface area (Å²) in [6, 6.07) is 2.15. The van der Waals surface area contributed by atoms with E-state index in [1.165, 1.54) is 0 Å². The van der Waals surface area contributed by atoms with Crippen molar-refractivity contribution in [3.05, 3.63) is 59.2 Å². The summed E-state index contributed by atoms with van der Waals surface area (Å²) < 4.78 is 76.7. The van der Waals surface area contributed by atoms with Gasteiger partial charge in [0.05, 0.1) is 11.1 Å². The van der Waals surface area contributed by atoms with Crippen molar-refractivity contribution in [1.82, 2.24) is 9.97 Å². The van der Waals surface area contributed by atoms with Gasteiger partial charge in [-0.1, -0.05) is 12.2 Å². The van der Waals surface area contributed by atoms with Crippen LogP contribution in [0.3, 0.4) is 0 Å². The third kappa shape index (κ3) is 3.63. The number of hydrogen-bond acceptors (Lipinski definition) is 2. The summed E-state index contributed by atoms with van der Waals surface area (Å²) in [6.07, 6.45) is -3.84. The number of hydrogen-bond donors (Lipinski definition) is 0. The smallest absolute Gasteiger partial charge is 0.264 e. The maximum Gasteiger partial charge on any atom is 0.418 e. The van der Waals surface area contributed by atoms with Gasteiger partial charge in [-0.05, 0) is 23.3 Å². The van der Waals surface area contributed by atoms with Crippen LogP contribution in [0.25, 0.3) is 12.2 Å². The Morgan fingerprint density at radius 1 is 0.682 bits per heavy atom. The molecule has 0 aliphatic carbocycles. The predicted molar refractivity (Wildman–Crippen MR) is 67.4 cm³/mol. The number of pyridine rings is 2. The molecule has 2 heterocycles. The van der Waals surface area contributed by atoms with Gasteiger partial charge in [-0.25, -0.2) is 0 Å². The Labute approximate surface area is 121 Å². The zero-order chi connectivity index (χ0) is 16.4. The highest BCUT2D eigenvalue weighted by atomic mass is 19.4. The van der Waals surface area contributed by atoms with Gasteiger partial charge < -0.3 is 0 Å². The van der Waals surface area contributed by atoms with Crippen molar-refractivity contribution in [3.8, 4) is 0 Å². The van der Waals surface area contributed by atoms with Crippen LogP contribution in [0.4, 0.5) is 26.3 Å². The Kier molecular flexibility index (Phi) is 4.20. The van der Waals surface area contributed by atoms with Gasteiger partial charge in [-0.15, -0.1) is 0 Å². The van der Waals surface area contributed by atoms with Gasteiger partial charge in [0.25, 0.3) is 0 Å². The maximum absolute atomic E-state index is 12.8. The SMILES string of the molecule is FC(F)(F)c1cnccc1C=Cc1ccncc1C(F)(F)F. The van der Waals surface area contributed by atoms with Gasteiger partial charge in [0.2, 0.25) is 0 Å². The maximum atomic E-state index is 12.8. The fourth-order valence-electron chi connectivity index (χ4n) is 1.75. The van der Waals surface area contributed by atoms with Crippen LogP contribution >= 0.6 is 0 Å². The van der Waals surface area contributed by atoms with Gasteiger partial charge in [0.1, 0.15) is 0 Å². The number of aromatic nitrogens is 2. The van der Waals surface area contributed by atoms with Crippen molar-refractivity contribution >= 4 is 12.2 Å². The lowest BCUT2D eigenvalue weighted by Crippen LogP contribution is -2.08. The van der Waals surface area contributed by atoms with Crippen LogP contribution < -0.4 is 0 Å². The summed E-state index contributed by atoms with van der Waals surface area (Å²) in [7, 11) is 0. The van der Waals surface area contributed by atoms with Gasteiger partial charge in [0.15, 0.2) is 0 Å². The molecule has 0 aromatic carbocycles. The Bertz CT molecular complexity index is 629. The predicted octanol–water partition coefficient (Wildman–Crippen LogP) is 4.68. The molecule has 22 heavy (non-hydrogen) atoms. The molecule has 2 nitrogen and oxygen atoms in total. The molecule has 8 heteroatoms. The van der Waals surface area contributed by atoms with Gasteiger partial charge in [-0.3, -0.25) is 9.97 Å². The van der Waals surface area contributed by atoms with Crippen molar-refractivity contribution in [1.29, 1.82) is 0 Å². The Balaban J connectivity index is 2.43. The molecule has 2 aromatic rings. The lowest BCUT2D eigenvalue weighted by molar-refractivity contribution is -0.138. The van der Waals surface area contributed by atoms with Crippen molar-refractivity contribution in [3.63, 3.8) is 0 Å². The molecule has 2 aromatic heterocycles. The minimum absolute atomic E-state index is 0.271. The van der Waals surface area contributed by atoms with E-state index in [-0.39, 0.29) is 11.1 Å². The summed E-state index contributed by atoms with van der Waals surface area (Å²) in [5.41, 5.74) is -2.58.